The molecular weight excluding hydrogens is 344 g/mol. The molecule has 0 atom stereocenters. The van der Waals surface area contributed by atoms with Crippen molar-refractivity contribution in [2.45, 2.75) is 31.7 Å². The zero-order valence-corrected chi connectivity index (χ0v) is 13.6. The summed E-state index contributed by atoms with van der Waals surface area (Å²) in [5, 5.41) is 14.3. The molecule has 22 heavy (non-hydrogen) atoms. The van der Waals surface area contributed by atoms with Crippen LogP contribution in [0.1, 0.15) is 36.0 Å². The third kappa shape index (κ3) is 3.62. The Morgan fingerprint density at radius 2 is 1.73 bits per heavy atom. The fourth-order valence-corrected chi connectivity index (χ4v) is 3.05. The van der Waals surface area contributed by atoms with Gasteiger partial charge in [0.1, 0.15) is 5.82 Å². The molecule has 1 aromatic carbocycles. The van der Waals surface area contributed by atoms with Crippen LogP contribution in [0.4, 0.5) is 11.6 Å². The number of benzene rings is 1. The van der Waals surface area contributed by atoms with E-state index in [2.05, 4.69) is 36.8 Å². The van der Waals surface area contributed by atoms with Gasteiger partial charge in [0.15, 0.2) is 5.82 Å². The number of nitrogens with one attached hydrogen (secondary N) is 2. The molecule has 5 nitrogen and oxygen atoms in total. The number of carbonyl (C=O) groups excluding carboxylic acids is 1. The van der Waals surface area contributed by atoms with Crippen molar-refractivity contribution < 1.29 is 4.79 Å². The van der Waals surface area contributed by atoms with Gasteiger partial charge in [-0.25, -0.2) is 0 Å². The first-order valence-corrected chi connectivity index (χ1v) is 8.18. The Hall–Kier alpha value is -1.95. The predicted octanol–water partition coefficient (Wildman–Crippen LogP) is 3.85. The quantitative estimate of drug-likeness (QED) is 0.868. The number of carbonyl (C=O) groups is 1. The van der Waals surface area contributed by atoms with Crippen molar-refractivity contribution in [2.24, 2.45) is 0 Å². The standard InChI is InChI=1S/C16H17BrN4O/c17-13-8-4-3-7-12(13)16(22)19-15-10-9-14(20-21-15)18-11-5-1-2-6-11/h3-4,7-11H,1-2,5-6H2,(H,18,20)(H,19,21,22). The summed E-state index contributed by atoms with van der Waals surface area (Å²) in [7, 11) is 0. The van der Waals surface area contributed by atoms with E-state index in [1.165, 1.54) is 25.7 Å². The zero-order valence-electron chi connectivity index (χ0n) is 12.1. The Morgan fingerprint density at radius 3 is 2.41 bits per heavy atom. The Bertz CT molecular complexity index is 653. The highest BCUT2D eigenvalue weighted by atomic mass is 79.9. The minimum absolute atomic E-state index is 0.210. The molecule has 1 amide bonds. The lowest BCUT2D eigenvalue weighted by atomic mass is 10.2. The molecule has 1 saturated carbocycles. The molecule has 1 fully saturated rings. The van der Waals surface area contributed by atoms with E-state index in [-0.39, 0.29) is 5.91 Å². The molecule has 0 aliphatic heterocycles. The van der Waals surface area contributed by atoms with Crippen LogP contribution in [0.5, 0.6) is 0 Å². The molecule has 0 unspecified atom stereocenters. The topological polar surface area (TPSA) is 66.9 Å². The van der Waals surface area contributed by atoms with Gasteiger partial charge in [-0.05, 0) is 53.0 Å². The number of rotatable bonds is 4. The molecule has 1 aromatic heterocycles. The molecular formula is C16H17BrN4O. The monoisotopic (exact) mass is 360 g/mol. The fourth-order valence-electron chi connectivity index (χ4n) is 2.58. The highest BCUT2D eigenvalue weighted by molar-refractivity contribution is 9.10. The highest BCUT2D eigenvalue weighted by Crippen LogP contribution is 2.21. The van der Waals surface area contributed by atoms with Crippen LogP contribution < -0.4 is 10.6 Å². The fraction of sp³-hybridized carbons (Fsp3) is 0.312. The van der Waals surface area contributed by atoms with Crippen molar-refractivity contribution in [3.63, 3.8) is 0 Å². The van der Waals surface area contributed by atoms with Crippen molar-refractivity contribution in [3.8, 4) is 0 Å². The number of aromatic nitrogens is 2. The molecule has 1 aliphatic rings. The van der Waals surface area contributed by atoms with Gasteiger partial charge in [-0.15, -0.1) is 10.2 Å². The number of halogens is 1. The van der Waals surface area contributed by atoms with Gasteiger partial charge in [-0.3, -0.25) is 4.79 Å². The minimum Gasteiger partial charge on any atom is -0.366 e. The minimum atomic E-state index is -0.210. The van der Waals surface area contributed by atoms with Crippen LogP contribution in [0.15, 0.2) is 40.9 Å². The average molecular weight is 361 g/mol. The number of hydrogen-bond donors (Lipinski definition) is 2. The average Bonchev–Trinajstić information content (AvgIpc) is 3.02. The van der Waals surface area contributed by atoms with Crippen molar-refractivity contribution >= 4 is 33.5 Å². The molecule has 1 aliphatic carbocycles. The van der Waals surface area contributed by atoms with E-state index in [1.54, 1.807) is 12.1 Å². The Labute approximate surface area is 137 Å². The molecule has 1 heterocycles. The second kappa shape index (κ2) is 6.87. The van der Waals surface area contributed by atoms with Gasteiger partial charge in [0.25, 0.3) is 5.91 Å². The third-order valence-corrected chi connectivity index (χ3v) is 4.42. The van der Waals surface area contributed by atoms with Crippen LogP contribution in [-0.2, 0) is 0 Å². The largest absolute Gasteiger partial charge is 0.366 e. The molecule has 3 rings (SSSR count). The maximum atomic E-state index is 12.2. The van der Waals surface area contributed by atoms with Crippen LogP contribution in [0.2, 0.25) is 0 Å². The zero-order chi connectivity index (χ0) is 15.4. The summed E-state index contributed by atoms with van der Waals surface area (Å²) in [5.74, 6) is 0.988. The van der Waals surface area contributed by atoms with Gasteiger partial charge < -0.3 is 10.6 Å². The summed E-state index contributed by atoms with van der Waals surface area (Å²) in [6.07, 6.45) is 4.90. The van der Waals surface area contributed by atoms with Gasteiger partial charge in [0.05, 0.1) is 5.56 Å². The van der Waals surface area contributed by atoms with Crippen LogP contribution in [0.25, 0.3) is 0 Å². The van der Waals surface area contributed by atoms with Gasteiger partial charge in [-0.2, -0.15) is 0 Å². The van der Waals surface area contributed by atoms with Crippen molar-refractivity contribution in [1.29, 1.82) is 0 Å². The first-order chi connectivity index (χ1) is 10.7. The number of nitrogens with zero attached hydrogens (tertiary/aromatic N) is 2. The maximum Gasteiger partial charge on any atom is 0.258 e. The highest BCUT2D eigenvalue weighted by Gasteiger charge is 2.15. The van der Waals surface area contributed by atoms with E-state index in [0.29, 0.717) is 17.4 Å². The molecule has 2 N–H and O–H groups in total. The number of anilines is 2. The lowest BCUT2D eigenvalue weighted by Crippen LogP contribution is -2.17. The Balaban J connectivity index is 1.63. The smallest absolute Gasteiger partial charge is 0.258 e. The van der Waals surface area contributed by atoms with Crippen molar-refractivity contribution in [2.75, 3.05) is 10.6 Å². The normalized spacial score (nSPS) is 14.8. The van der Waals surface area contributed by atoms with E-state index in [1.807, 2.05) is 24.3 Å². The molecule has 6 heteroatoms. The summed E-state index contributed by atoms with van der Waals surface area (Å²) in [6, 6.07) is 11.4. The van der Waals surface area contributed by atoms with Crippen LogP contribution in [-0.4, -0.2) is 22.1 Å². The second-order valence-corrected chi connectivity index (χ2v) is 6.22. The Kier molecular flexibility index (Phi) is 4.68. The van der Waals surface area contributed by atoms with E-state index in [4.69, 9.17) is 0 Å². The number of amides is 1. The number of hydrogen-bond acceptors (Lipinski definition) is 4. The maximum absolute atomic E-state index is 12.2. The van der Waals surface area contributed by atoms with Crippen LogP contribution in [0.3, 0.4) is 0 Å². The molecule has 2 aromatic rings. The van der Waals surface area contributed by atoms with Crippen molar-refractivity contribution in [1.82, 2.24) is 10.2 Å². The molecule has 114 valence electrons. The van der Waals surface area contributed by atoms with Crippen LogP contribution in [0, 0.1) is 0 Å². The SMILES string of the molecule is O=C(Nc1ccc(NC2CCCC2)nn1)c1ccccc1Br. The van der Waals surface area contributed by atoms with Gasteiger partial charge >= 0.3 is 0 Å². The first-order valence-electron chi connectivity index (χ1n) is 7.38. The van der Waals surface area contributed by atoms with Crippen LogP contribution >= 0.6 is 15.9 Å². The molecule has 0 saturated heterocycles. The lowest BCUT2D eigenvalue weighted by Gasteiger charge is -2.12. The van der Waals surface area contributed by atoms with E-state index in [9.17, 15) is 4.79 Å². The van der Waals surface area contributed by atoms with Gasteiger partial charge in [0.2, 0.25) is 0 Å². The molecule has 0 radical (unpaired) electrons. The molecule has 0 spiro atoms. The van der Waals surface area contributed by atoms with Gasteiger partial charge in [-0.1, -0.05) is 25.0 Å². The summed E-state index contributed by atoms with van der Waals surface area (Å²) in [6.45, 7) is 0. The molecule has 0 bridgehead atoms. The van der Waals surface area contributed by atoms with Crippen molar-refractivity contribution in [3.05, 3.63) is 46.4 Å². The Morgan fingerprint density at radius 1 is 1.05 bits per heavy atom. The predicted molar refractivity (Wildman–Crippen MR) is 90.0 cm³/mol. The third-order valence-electron chi connectivity index (χ3n) is 3.73. The summed E-state index contributed by atoms with van der Waals surface area (Å²) < 4.78 is 0.750. The summed E-state index contributed by atoms with van der Waals surface area (Å²) >= 11 is 3.36. The second-order valence-electron chi connectivity index (χ2n) is 5.36. The van der Waals surface area contributed by atoms with Gasteiger partial charge in [0, 0.05) is 10.5 Å². The van der Waals surface area contributed by atoms with E-state index >= 15 is 0 Å². The lowest BCUT2D eigenvalue weighted by molar-refractivity contribution is 0.102. The summed E-state index contributed by atoms with van der Waals surface area (Å²) in [4.78, 5) is 12.2. The van der Waals surface area contributed by atoms with E-state index < -0.39 is 0 Å². The first kappa shape index (κ1) is 15.0. The summed E-state index contributed by atoms with van der Waals surface area (Å²) in [5.41, 5.74) is 0.567. The van der Waals surface area contributed by atoms with E-state index in [0.717, 1.165) is 10.3 Å².